The molecule has 1 heterocycles. The van der Waals surface area contributed by atoms with Crippen LogP contribution in [0.15, 0.2) is 18.7 Å². The molecule has 1 aliphatic rings. The Kier molecular flexibility index (Phi) is 4.85. The summed E-state index contributed by atoms with van der Waals surface area (Å²) >= 11 is 0. The van der Waals surface area contributed by atoms with Crippen molar-refractivity contribution in [3.63, 3.8) is 0 Å². The number of nitrogens with zero attached hydrogens (tertiary/aromatic N) is 1. The summed E-state index contributed by atoms with van der Waals surface area (Å²) in [4.78, 5) is 13.5. The summed E-state index contributed by atoms with van der Waals surface area (Å²) in [5.74, 6) is 1.07. The molecule has 1 aromatic rings. The molecule has 23 heavy (non-hydrogen) atoms. The number of benzene rings is 1. The number of ether oxygens (including phenoxy) is 3. The maximum atomic E-state index is 12.0. The minimum Gasteiger partial charge on any atom is -0.454 e. The zero-order chi connectivity index (χ0) is 17.2. The average Bonchev–Trinajstić information content (AvgIpc) is 2.97. The predicted molar refractivity (Wildman–Crippen MR) is 86.5 cm³/mol. The van der Waals surface area contributed by atoms with Crippen molar-refractivity contribution in [3.05, 3.63) is 29.8 Å². The van der Waals surface area contributed by atoms with Crippen LogP contribution in [0.2, 0.25) is 0 Å². The van der Waals surface area contributed by atoms with Gasteiger partial charge < -0.3 is 24.2 Å². The van der Waals surface area contributed by atoms with E-state index in [1.807, 2.05) is 20.8 Å². The molecule has 6 heteroatoms. The maximum Gasteiger partial charge on any atom is 0.410 e. The standard InChI is InChI=1S/C17H23NO5/c1-6-11-7-8-13-15(23-10-22-13)14(11)12(19)9-18(16(20)21-5)17(2,3)4/h6-8,12,19H,1,9-10H2,2-5H3. The van der Waals surface area contributed by atoms with E-state index in [1.165, 1.54) is 12.0 Å². The van der Waals surface area contributed by atoms with Crippen molar-refractivity contribution in [2.75, 3.05) is 20.4 Å². The minimum atomic E-state index is -0.960. The first-order valence-electron chi connectivity index (χ1n) is 7.38. The number of rotatable bonds is 4. The fraction of sp³-hybridized carbons (Fsp3) is 0.471. The lowest BCUT2D eigenvalue weighted by molar-refractivity contribution is 0.0451. The highest BCUT2D eigenvalue weighted by molar-refractivity contribution is 5.69. The van der Waals surface area contributed by atoms with Crippen molar-refractivity contribution in [1.29, 1.82) is 0 Å². The highest BCUT2D eigenvalue weighted by Gasteiger charge is 2.32. The molecule has 1 unspecified atom stereocenters. The van der Waals surface area contributed by atoms with E-state index >= 15 is 0 Å². The molecular weight excluding hydrogens is 298 g/mol. The number of aliphatic hydroxyl groups excluding tert-OH is 1. The summed E-state index contributed by atoms with van der Waals surface area (Å²) < 4.78 is 15.7. The van der Waals surface area contributed by atoms with Crippen molar-refractivity contribution < 1.29 is 24.1 Å². The Bertz CT molecular complexity index is 606. The number of carbonyl (C=O) groups is 1. The van der Waals surface area contributed by atoms with Gasteiger partial charge in [-0.05, 0) is 32.4 Å². The third kappa shape index (κ3) is 3.42. The normalized spacial score (nSPS) is 14.3. The Labute approximate surface area is 136 Å². The number of carbonyl (C=O) groups excluding carboxylic acids is 1. The van der Waals surface area contributed by atoms with Gasteiger partial charge in [-0.3, -0.25) is 0 Å². The second-order valence-corrected chi connectivity index (χ2v) is 6.27. The van der Waals surface area contributed by atoms with Crippen LogP contribution in [0.25, 0.3) is 6.08 Å². The van der Waals surface area contributed by atoms with Gasteiger partial charge in [-0.2, -0.15) is 0 Å². The molecule has 126 valence electrons. The number of β-amino-alcohol motifs (C(OH)–C–C–N with tert-alkyl or cyclic N) is 1. The molecule has 0 fully saturated rings. The van der Waals surface area contributed by atoms with Gasteiger partial charge in [0.25, 0.3) is 0 Å². The molecule has 0 aromatic heterocycles. The average molecular weight is 321 g/mol. The lowest BCUT2D eigenvalue weighted by atomic mass is 9.98. The lowest BCUT2D eigenvalue weighted by Crippen LogP contribution is -2.47. The first-order valence-corrected chi connectivity index (χ1v) is 7.38. The van der Waals surface area contributed by atoms with Crippen molar-refractivity contribution >= 4 is 12.2 Å². The van der Waals surface area contributed by atoms with Gasteiger partial charge in [0.15, 0.2) is 11.5 Å². The van der Waals surface area contributed by atoms with E-state index in [0.717, 1.165) is 5.56 Å². The van der Waals surface area contributed by atoms with Crippen LogP contribution >= 0.6 is 0 Å². The van der Waals surface area contributed by atoms with E-state index in [0.29, 0.717) is 17.1 Å². The van der Waals surface area contributed by atoms with Crippen molar-refractivity contribution in [2.45, 2.75) is 32.4 Å². The third-order valence-electron chi connectivity index (χ3n) is 3.72. The fourth-order valence-corrected chi connectivity index (χ4v) is 2.53. The van der Waals surface area contributed by atoms with Gasteiger partial charge in [-0.25, -0.2) is 4.79 Å². The van der Waals surface area contributed by atoms with Gasteiger partial charge in [-0.1, -0.05) is 18.7 Å². The molecule has 0 saturated heterocycles. The van der Waals surface area contributed by atoms with Gasteiger partial charge in [0.2, 0.25) is 6.79 Å². The van der Waals surface area contributed by atoms with Crippen LogP contribution in [-0.4, -0.2) is 42.1 Å². The molecule has 1 aliphatic heterocycles. The Morgan fingerprint density at radius 1 is 1.48 bits per heavy atom. The zero-order valence-electron chi connectivity index (χ0n) is 14.0. The molecule has 0 saturated carbocycles. The molecule has 1 amide bonds. The summed E-state index contributed by atoms with van der Waals surface area (Å²) in [5.41, 5.74) is 0.797. The SMILES string of the molecule is C=Cc1ccc2c(c1C(O)CN(C(=O)OC)C(C)(C)C)OCO2. The van der Waals surface area contributed by atoms with Crippen LogP contribution < -0.4 is 9.47 Å². The first kappa shape index (κ1) is 17.1. The zero-order valence-corrected chi connectivity index (χ0v) is 14.0. The summed E-state index contributed by atoms with van der Waals surface area (Å²) in [5, 5.41) is 10.7. The number of amides is 1. The van der Waals surface area contributed by atoms with E-state index < -0.39 is 17.7 Å². The summed E-state index contributed by atoms with van der Waals surface area (Å²) in [6.07, 6.45) is 0.180. The maximum absolute atomic E-state index is 12.0. The van der Waals surface area contributed by atoms with Gasteiger partial charge in [-0.15, -0.1) is 0 Å². The smallest absolute Gasteiger partial charge is 0.410 e. The number of fused-ring (bicyclic) bond motifs is 1. The quantitative estimate of drug-likeness (QED) is 0.923. The molecule has 1 atom stereocenters. The summed E-state index contributed by atoms with van der Waals surface area (Å²) in [6, 6.07) is 3.58. The Hall–Kier alpha value is -2.21. The third-order valence-corrected chi connectivity index (χ3v) is 3.72. The second kappa shape index (κ2) is 6.50. The number of hydrogen-bond donors (Lipinski definition) is 1. The lowest BCUT2D eigenvalue weighted by Gasteiger charge is -2.36. The Morgan fingerprint density at radius 3 is 2.74 bits per heavy atom. The van der Waals surface area contributed by atoms with Gasteiger partial charge in [0.05, 0.1) is 13.7 Å². The molecule has 0 spiro atoms. The number of aliphatic hydroxyl groups is 1. The Morgan fingerprint density at radius 2 is 2.17 bits per heavy atom. The largest absolute Gasteiger partial charge is 0.454 e. The van der Waals surface area contributed by atoms with Crippen molar-refractivity contribution in [1.82, 2.24) is 4.90 Å². The van der Waals surface area contributed by atoms with Crippen LogP contribution in [0.4, 0.5) is 4.79 Å². The van der Waals surface area contributed by atoms with Crippen LogP contribution in [-0.2, 0) is 4.74 Å². The number of hydrogen-bond acceptors (Lipinski definition) is 5. The molecule has 0 radical (unpaired) electrons. The van der Waals surface area contributed by atoms with E-state index in [9.17, 15) is 9.90 Å². The van der Waals surface area contributed by atoms with Gasteiger partial charge in [0, 0.05) is 11.1 Å². The molecule has 1 N–H and O–H groups in total. The van der Waals surface area contributed by atoms with Crippen LogP contribution in [0.1, 0.15) is 38.0 Å². The van der Waals surface area contributed by atoms with E-state index in [2.05, 4.69) is 6.58 Å². The second-order valence-electron chi connectivity index (χ2n) is 6.27. The molecule has 0 bridgehead atoms. The van der Waals surface area contributed by atoms with Crippen molar-refractivity contribution in [2.24, 2.45) is 0 Å². The van der Waals surface area contributed by atoms with E-state index in [1.54, 1.807) is 18.2 Å². The van der Waals surface area contributed by atoms with Crippen LogP contribution in [0, 0.1) is 0 Å². The van der Waals surface area contributed by atoms with Crippen LogP contribution in [0.3, 0.4) is 0 Å². The van der Waals surface area contributed by atoms with Crippen LogP contribution in [0.5, 0.6) is 11.5 Å². The van der Waals surface area contributed by atoms with Crippen molar-refractivity contribution in [3.8, 4) is 11.5 Å². The molecule has 0 aliphatic carbocycles. The van der Waals surface area contributed by atoms with Gasteiger partial charge in [0.1, 0.15) is 6.10 Å². The highest BCUT2D eigenvalue weighted by atomic mass is 16.7. The molecule has 2 rings (SSSR count). The number of methoxy groups -OCH3 is 1. The molecule has 1 aromatic carbocycles. The molecule has 6 nitrogen and oxygen atoms in total. The van der Waals surface area contributed by atoms with E-state index in [-0.39, 0.29) is 13.3 Å². The highest BCUT2D eigenvalue weighted by Crippen LogP contribution is 2.41. The topological polar surface area (TPSA) is 68.2 Å². The minimum absolute atomic E-state index is 0.0663. The predicted octanol–water partition coefficient (Wildman–Crippen LogP) is 2.96. The molecular formula is C17H23NO5. The summed E-state index contributed by atoms with van der Waals surface area (Å²) in [6.45, 7) is 9.56. The Balaban J connectivity index is 2.37. The summed E-state index contributed by atoms with van der Waals surface area (Å²) in [7, 11) is 1.32. The van der Waals surface area contributed by atoms with E-state index in [4.69, 9.17) is 14.2 Å². The first-order chi connectivity index (χ1) is 10.8. The monoisotopic (exact) mass is 321 g/mol. The fourth-order valence-electron chi connectivity index (χ4n) is 2.53. The van der Waals surface area contributed by atoms with Gasteiger partial charge >= 0.3 is 6.09 Å².